The largest absolute Gasteiger partial charge is 0.488 e. The minimum absolute atomic E-state index is 0.158. The van der Waals surface area contributed by atoms with Crippen molar-refractivity contribution in [3.63, 3.8) is 0 Å². The second-order valence-corrected chi connectivity index (χ2v) is 8.24. The third-order valence-corrected chi connectivity index (χ3v) is 6.16. The number of benzene rings is 2. The smallest absolute Gasteiger partial charge is 0.416 e. The standard InChI is InChI=1S/C25H21F3O2S/c1-3-18-15-31-24-12-23(16(2)11-21(18)24)30-14-19-5-4-6-22(19)29-13-17-7-9-20(10-8-17)25(26,27)28/h4-5,7-12,15H,3,13-14H2,1-2H3. The molecule has 1 aliphatic rings. The first-order chi connectivity index (χ1) is 14.8. The number of hydrogen-bond donors (Lipinski definition) is 0. The molecule has 160 valence electrons. The van der Waals surface area contributed by atoms with Crippen molar-refractivity contribution in [1.82, 2.24) is 0 Å². The van der Waals surface area contributed by atoms with Crippen molar-refractivity contribution in [3.8, 4) is 5.75 Å². The molecule has 0 unspecified atom stereocenters. The average molecular weight is 443 g/mol. The molecule has 1 heterocycles. The highest BCUT2D eigenvalue weighted by Gasteiger charge is 2.29. The van der Waals surface area contributed by atoms with E-state index >= 15 is 0 Å². The van der Waals surface area contributed by atoms with Crippen LogP contribution in [0.1, 0.15) is 29.2 Å². The van der Waals surface area contributed by atoms with E-state index in [9.17, 15) is 13.2 Å². The van der Waals surface area contributed by atoms with Gasteiger partial charge < -0.3 is 9.47 Å². The highest BCUT2D eigenvalue weighted by atomic mass is 32.1. The molecule has 0 atom stereocenters. The summed E-state index contributed by atoms with van der Waals surface area (Å²) in [7, 11) is 0. The number of hydrogen-bond acceptors (Lipinski definition) is 3. The van der Waals surface area contributed by atoms with Crippen molar-refractivity contribution in [2.75, 3.05) is 6.61 Å². The van der Waals surface area contributed by atoms with Crippen LogP contribution in [0.15, 0.2) is 71.0 Å². The molecule has 1 aliphatic carbocycles. The van der Waals surface area contributed by atoms with Crippen LogP contribution in [-0.4, -0.2) is 6.61 Å². The van der Waals surface area contributed by atoms with E-state index in [0.717, 1.165) is 35.4 Å². The summed E-state index contributed by atoms with van der Waals surface area (Å²) >= 11 is 1.71. The summed E-state index contributed by atoms with van der Waals surface area (Å²) in [6.07, 6.45) is 0.286. The Labute approximate surface area is 182 Å². The Morgan fingerprint density at radius 2 is 1.81 bits per heavy atom. The lowest BCUT2D eigenvalue weighted by atomic mass is 10.1. The van der Waals surface area contributed by atoms with E-state index in [0.29, 0.717) is 17.9 Å². The van der Waals surface area contributed by atoms with E-state index in [1.54, 1.807) is 17.4 Å². The van der Waals surface area contributed by atoms with Gasteiger partial charge in [0, 0.05) is 10.3 Å². The summed E-state index contributed by atoms with van der Waals surface area (Å²) in [5.41, 5.74) is 6.26. The minimum atomic E-state index is -4.34. The molecule has 0 fully saturated rings. The van der Waals surface area contributed by atoms with Crippen LogP contribution in [0.3, 0.4) is 0 Å². The number of allylic oxidation sites excluding steroid dienone is 1. The van der Waals surface area contributed by atoms with Gasteiger partial charge in [-0.3, -0.25) is 0 Å². The first kappa shape index (κ1) is 21.3. The van der Waals surface area contributed by atoms with Gasteiger partial charge in [-0.1, -0.05) is 24.8 Å². The number of aryl methyl sites for hydroxylation is 2. The summed E-state index contributed by atoms with van der Waals surface area (Å²) in [5, 5.41) is 3.47. The van der Waals surface area contributed by atoms with E-state index in [1.165, 1.54) is 27.8 Å². The van der Waals surface area contributed by atoms with Crippen molar-refractivity contribution in [2.45, 2.75) is 33.1 Å². The molecule has 6 heteroatoms. The first-order valence-electron chi connectivity index (χ1n) is 9.94. The van der Waals surface area contributed by atoms with Gasteiger partial charge in [-0.15, -0.1) is 11.3 Å². The number of ether oxygens (including phenoxy) is 2. The zero-order valence-electron chi connectivity index (χ0n) is 17.2. The highest BCUT2D eigenvalue weighted by molar-refractivity contribution is 7.17. The molecule has 3 aromatic rings. The molecular formula is C25H21F3O2S. The lowest BCUT2D eigenvalue weighted by molar-refractivity contribution is -0.137. The van der Waals surface area contributed by atoms with E-state index < -0.39 is 11.7 Å². The molecule has 0 saturated carbocycles. The summed E-state index contributed by atoms with van der Waals surface area (Å²) in [5.74, 6) is 1.37. The number of rotatable bonds is 7. The van der Waals surface area contributed by atoms with Crippen LogP contribution in [0.2, 0.25) is 0 Å². The molecular weight excluding hydrogens is 421 g/mol. The van der Waals surface area contributed by atoms with Crippen molar-refractivity contribution < 1.29 is 22.6 Å². The van der Waals surface area contributed by atoms with Crippen LogP contribution < -0.4 is 4.74 Å². The Hall–Kier alpha value is -2.95. The Bertz CT molecular complexity index is 1190. The lowest BCUT2D eigenvalue weighted by Gasteiger charge is -2.14. The SMILES string of the molecule is CCc1csc2cc(OCC3=CC=C=C3OCc3ccc(C(F)(F)F)cc3)c(C)cc12. The summed E-state index contributed by atoms with van der Waals surface area (Å²) in [4.78, 5) is 0. The third-order valence-electron chi connectivity index (χ3n) is 5.17. The van der Waals surface area contributed by atoms with Crippen molar-refractivity contribution in [2.24, 2.45) is 0 Å². The van der Waals surface area contributed by atoms with Crippen LogP contribution >= 0.6 is 11.3 Å². The molecule has 0 radical (unpaired) electrons. The average Bonchev–Trinajstić information content (AvgIpc) is 3.36. The van der Waals surface area contributed by atoms with Gasteiger partial charge in [0.05, 0.1) is 5.56 Å². The fourth-order valence-corrected chi connectivity index (χ4v) is 4.44. The van der Waals surface area contributed by atoms with Gasteiger partial charge >= 0.3 is 6.18 Å². The van der Waals surface area contributed by atoms with E-state index in [4.69, 9.17) is 9.47 Å². The predicted molar refractivity (Wildman–Crippen MR) is 117 cm³/mol. The second-order valence-electron chi connectivity index (χ2n) is 7.33. The van der Waals surface area contributed by atoms with E-state index in [-0.39, 0.29) is 6.61 Å². The monoisotopic (exact) mass is 442 g/mol. The second kappa shape index (κ2) is 8.66. The van der Waals surface area contributed by atoms with Crippen LogP contribution in [0.25, 0.3) is 10.1 Å². The van der Waals surface area contributed by atoms with Crippen LogP contribution in [-0.2, 0) is 23.9 Å². The zero-order valence-corrected chi connectivity index (χ0v) is 18.0. The van der Waals surface area contributed by atoms with Gasteiger partial charge in [-0.25, -0.2) is 0 Å². The minimum Gasteiger partial charge on any atom is -0.488 e. The molecule has 0 N–H and O–H groups in total. The predicted octanol–water partition coefficient (Wildman–Crippen LogP) is 7.37. The van der Waals surface area contributed by atoms with Crippen LogP contribution in [0.4, 0.5) is 13.2 Å². The molecule has 0 spiro atoms. The molecule has 31 heavy (non-hydrogen) atoms. The summed E-state index contributed by atoms with van der Waals surface area (Å²) in [6.45, 7) is 4.67. The zero-order chi connectivity index (χ0) is 22.0. The lowest BCUT2D eigenvalue weighted by Crippen LogP contribution is -2.06. The Balaban J connectivity index is 1.37. The fraction of sp³-hybridized carbons (Fsp3) is 0.240. The van der Waals surface area contributed by atoms with Crippen molar-refractivity contribution in [3.05, 3.63) is 93.2 Å². The molecule has 0 aliphatic heterocycles. The maximum Gasteiger partial charge on any atom is 0.416 e. The van der Waals surface area contributed by atoms with Crippen LogP contribution in [0, 0.1) is 6.92 Å². The molecule has 0 saturated heterocycles. The Morgan fingerprint density at radius 1 is 1.03 bits per heavy atom. The van der Waals surface area contributed by atoms with Gasteiger partial charge in [-0.05, 0) is 77.2 Å². The fourth-order valence-electron chi connectivity index (χ4n) is 3.38. The van der Waals surface area contributed by atoms with Gasteiger partial charge in [0.1, 0.15) is 19.0 Å². The van der Waals surface area contributed by atoms with Gasteiger partial charge in [0.25, 0.3) is 0 Å². The highest BCUT2D eigenvalue weighted by Crippen LogP contribution is 2.33. The maximum absolute atomic E-state index is 12.7. The van der Waals surface area contributed by atoms with Gasteiger partial charge in [-0.2, -0.15) is 13.2 Å². The van der Waals surface area contributed by atoms with Gasteiger partial charge in [0.15, 0.2) is 5.76 Å². The van der Waals surface area contributed by atoms with E-state index in [1.807, 2.05) is 13.0 Å². The number of halogens is 3. The number of thiophene rings is 1. The molecule has 1 aromatic heterocycles. The van der Waals surface area contributed by atoms with Crippen LogP contribution in [0.5, 0.6) is 5.75 Å². The quantitative estimate of drug-likeness (QED) is 0.356. The summed E-state index contributed by atoms with van der Waals surface area (Å²) < 4.78 is 51.1. The molecule has 2 nitrogen and oxygen atoms in total. The maximum atomic E-state index is 12.7. The number of alkyl halides is 3. The van der Waals surface area contributed by atoms with Gasteiger partial charge in [0.2, 0.25) is 0 Å². The first-order valence-corrected chi connectivity index (χ1v) is 10.8. The van der Waals surface area contributed by atoms with Crippen molar-refractivity contribution >= 4 is 21.4 Å². The molecule has 4 rings (SSSR count). The van der Waals surface area contributed by atoms with Crippen molar-refractivity contribution in [1.29, 1.82) is 0 Å². The summed E-state index contributed by atoms with van der Waals surface area (Å²) in [6, 6.07) is 9.21. The molecule has 2 aromatic carbocycles. The molecule has 0 bridgehead atoms. The Kier molecular flexibility index (Phi) is 5.94. The normalized spacial score (nSPS) is 13.5. The topological polar surface area (TPSA) is 18.5 Å². The van der Waals surface area contributed by atoms with E-state index in [2.05, 4.69) is 30.2 Å². The molecule has 0 amide bonds. The third kappa shape index (κ3) is 4.71. The Morgan fingerprint density at radius 3 is 2.52 bits per heavy atom. The number of fused-ring (bicyclic) bond motifs is 1.